The van der Waals surface area contributed by atoms with E-state index in [1.807, 2.05) is 0 Å². The number of hydrogen-bond donors (Lipinski definition) is 2. The molecule has 1 saturated carbocycles. The van der Waals surface area contributed by atoms with Gasteiger partial charge in [0, 0.05) is 29.4 Å². The van der Waals surface area contributed by atoms with Gasteiger partial charge in [-0.3, -0.25) is 4.90 Å². The molecule has 2 aromatic rings. The first-order valence-corrected chi connectivity index (χ1v) is 10.9. The lowest BCUT2D eigenvalue weighted by Gasteiger charge is -2.50. The van der Waals surface area contributed by atoms with Gasteiger partial charge in [-0.25, -0.2) is 14.8 Å². The molecule has 7 heteroatoms. The van der Waals surface area contributed by atoms with Crippen molar-refractivity contribution in [2.24, 2.45) is 5.41 Å². The van der Waals surface area contributed by atoms with Crippen LogP contribution in [0.25, 0.3) is 0 Å². The van der Waals surface area contributed by atoms with Gasteiger partial charge in [-0.15, -0.1) is 0 Å². The Morgan fingerprint density at radius 1 is 1.24 bits per heavy atom. The summed E-state index contributed by atoms with van der Waals surface area (Å²) in [6, 6.07) is 6.60. The number of carbonyl (C=O) groups is 1. The van der Waals surface area contributed by atoms with Crippen molar-refractivity contribution in [3.63, 3.8) is 0 Å². The predicted molar refractivity (Wildman–Crippen MR) is 112 cm³/mol. The van der Waals surface area contributed by atoms with E-state index in [-0.39, 0.29) is 0 Å². The van der Waals surface area contributed by atoms with E-state index in [4.69, 9.17) is 5.11 Å². The molecule has 1 aromatic heterocycles. The molecule has 150 valence electrons. The molecule has 0 amide bonds. The van der Waals surface area contributed by atoms with Crippen LogP contribution in [0.15, 0.2) is 51.7 Å². The lowest BCUT2D eigenvalue weighted by Crippen LogP contribution is -2.44. The maximum absolute atomic E-state index is 11.2. The number of anilines is 2. The molecule has 1 aromatic carbocycles. The molecule has 3 heterocycles. The largest absolute Gasteiger partial charge is 0.478 e. The summed E-state index contributed by atoms with van der Waals surface area (Å²) in [6.45, 7) is 4.84. The van der Waals surface area contributed by atoms with Gasteiger partial charge in [0.2, 0.25) is 0 Å². The quantitative estimate of drug-likeness (QED) is 0.619. The first-order chi connectivity index (χ1) is 14.0. The lowest BCUT2D eigenvalue weighted by atomic mass is 9.59. The number of allylic oxidation sites excluding steroid dienone is 1. The third-order valence-corrected chi connectivity index (χ3v) is 7.59. The summed E-state index contributed by atoms with van der Waals surface area (Å²) in [5, 5.41) is 13.5. The Morgan fingerprint density at radius 2 is 2.00 bits per heavy atom. The summed E-state index contributed by atoms with van der Waals surface area (Å²) in [7, 11) is 0. The molecule has 0 bridgehead atoms. The predicted octanol–water partition coefficient (Wildman–Crippen LogP) is 4.46. The second-order valence-electron chi connectivity index (χ2n) is 8.43. The normalized spacial score (nSPS) is 19.7. The van der Waals surface area contributed by atoms with Gasteiger partial charge < -0.3 is 10.4 Å². The van der Waals surface area contributed by atoms with Crippen LogP contribution in [0.3, 0.4) is 0 Å². The minimum Gasteiger partial charge on any atom is -0.478 e. The van der Waals surface area contributed by atoms with E-state index in [0.717, 1.165) is 67.4 Å². The van der Waals surface area contributed by atoms with E-state index in [9.17, 15) is 4.79 Å². The fourth-order valence-corrected chi connectivity index (χ4v) is 5.53. The first kappa shape index (κ1) is 18.6. The molecule has 1 aliphatic carbocycles. The first-order valence-electron chi connectivity index (χ1n) is 10.0. The van der Waals surface area contributed by atoms with E-state index < -0.39 is 5.97 Å². The monoisotopic (exact) mass is 408 g/mol. The second kappa shape index (κ2) is 7.15. The molecular formula is C22H24N4O2S. The summed E-state index contributed by atoms with van der Waals surface area (Å²) in [4.78, 5) is 23.6. The average molecular weight is 409 g/mol. The zero-order valence-corrected chi connectivity index (χ0v) is 17.3. The zero-order valence-electron chi connectivity index (χ0n) is 16.4. The van der Waals surface area contributed by atoms with Crippen LogP contribution in [-0.4, -0.2) is 39.0 Å². The van der Waals surface area contributed by atoms with Gasteiger partial charge in [0.05, 0.1) is 5.69 Å². The van der Waals surface area contributed by atoms with Gasteiger partial charge in [0.1, 0.15) is 5.03 Å². The van der Waals surface area contributed by atoms with Crippen LogP contribution in [0.1, 0.15) is 38.2 Å². The standard InChI is InChI=1S/C22H24N4O2S/c1-14(21(27)28)16-11-22(12-16)4-8-26(9-5-22)13-15-2-3-18-17(10-15)25-19-20(29-18)24-7-6-23-19/h2-3,6-7,10H,4-5,8-9,11-13H2,1H3,(H,23,25)(H,27,28). The van der Waals surface area contributed by atoms with E-state index in [1.165, 1.54) is 10.5 Å². The third-order valence-electron chi connectivity index (χ3n) is 6.52. The third kappa shape index (κ3) is 3.53. The van der Waals surface area contributed by atoms with E-state index in [2.05, 4.69) is 38.4 Å². The van der Waals surface area contributed by atoms with Crippen LogP contribution in [-0.2, 0) is 11.3 Å². The molecular weight excluding hydrogens is 384 g/mol. The van der Waals surface area contributed by atoms with Gasteiger partial charge >= 0.3 is 5.97 Å². The summed E-state index contributed by atoms with van der Waals surface area (Å²) in [6.07, 6.45) is 7.69. The molecule has 0 atom stereocenters. The average Bonchev–Trinajstić information content (AvgIpc) is 2.70. The van der Waals surface area contributed by atoms with Crippen molar-refractivity contribution in [2.45, 2.75) is 49.1 Å². The fraction of sp³-hybridized carbons (Fsp3) is 0.409. The van der Waals surface area contributed by atoms with Crippen molar-refractivity contribution in [1.29, 1.82) is 0 Å². The number of carboxylic acids is 1. The molecule has 5 rings (SSSR count). The van der Waals surface area contributed by atoms with Crippen LogP contribution >= 0.6 is 11.8 Å². The van der Waals surface area contributed by atoms with Gasteiger partial charge in [0.15, 0.2) is 5.82 Å². The van der Waals surface area contributed by atoms with E-state index >= 15 is 0 Å². The molecule has 29 heavy (non-hydrogen) atoms. The minimum absolute atomic E-state index is 0.346. The fourth-order valence-electron chi connectivity index (χ4n) is 4.65. The van der Waals surface area contributed by atoms with Gasteiger partial charge in [-0.1, -0.05) is 23.4 Å². The van der Waals surface area contributed by atoms with Crippen molar-refractivity contribution >= 4 is 29.2 Å². The van der Waals surface area contributed by atoms with Crippen molar-refractivity contribution in [2.75, 3.05) is 18.4 Å². The Balaban J connectivity index is 1.20. The summed E-state index contributed by atoms with van der Waals surface area (Å²) in [5.41, 5.74) is 4.46. The Morgan fingerprint density at radius 3 is 2.76 bits per heavy atom. The Kier molecular flexibility index (Phi) is 4.59. The zero-order chi connectivity index (χ0) is 20.0. The SMILES string of the molecule is CC(C(=O)O)=C1CC2(CCN(Cc3ccc4c(c3)Nc3nccnc3S4)CC2)C1. The summed E-state index contributed by atoms with van der Waals surface area (Å²) < 4.78 is 0. The highest BCUT2D eigenvalue weighted by Gasteiger charge is 2.43. The second-order valence-corrected chi connectivity index (χ2v) is 9.46. The number of benzene rings is 1. The highest BCUT2D eigenvalue weighted by Crippen LogP contribution is 2.53. The van der Waals surface area contributed by atoms with Crippen molar-refractivity contribution < 1.29 is 9.90 Å². The number of aromatic nitrogens is 2. The van der Waals surface area contributed by atoms with Crippen molar-refractivity contribution in [1.82, 2.24) is 14.9 Å². The molecule has 2 N–H and O–H groups in total. The highest BCUT2D eigenvalue weighted by atomic mass is 32.2. The number of fused-ring (bicyclic) bond motifs is 2. The van der Waals surface area contributed by atoms with Crippen molar-refractivity contribution in [3.05, 3.63) is 47.3 Å². The topological polar surface area (TPSA) is 78.4 Å². The van der Waals surface area contributed by atoms with E-state index in [1.54, 1.807) is 31.1 Å². The van der Waals surface area contributed by atoms with Gasteiger partial charge in [-0.2, -0.15) is 0 Å². The number of nitrogens with one attached hydrogen (secondary N) is 1. The highest BCUT2D eigenvalue weighted by molar-refractivity contribution is 7.99. The maximum Gasteiger partial charge on any atom is 0.331 e. The molecule has 1 spiro atoms. The van der Waals surface area contributed by atoms with Crippen LogP contribution in [0.4, 0.5) is 11.5 Å². The summed E-state index contributed by atoms with van der Waals surface area (Å²) >= 11 is 1.66. The molecule has 2 aliphatic heterocycles. The van der Waals surface area contributed by atoms with Crippen molar-refractivity contribution in [3.8, 4) is 0 Å². The maximum atomic E-state index is 11.2. The number of nitrogens with zero attached hydrogens (tertiary/aromatic N) is 3. The molecule has 3 aliphatic rings. The smallest absolute Gasteiger partial charge is 0.331 e. The summed E-state index contributed by atoms with van der Waals surface area (Å²) in [5.74, 6) is 0.0626. The number of carboxylic acid groups (broad SMARTS) is 1. The lowest BCUT2D eigenvalue weighted by molar-refractivity contribution is -0.132. The number of aliphatic carboxylic acids is 1. The Bertz CT molecular complexity index is 1000. The molecule has 2 fully saturated rings. The molecule has 1 saturated heterocycles. The van der Waals surface area contributed by atoms with E-state index in [0.29, 0.717) is 11.0 Å². The van der Waals surface area contributed by atoms with Gasteiger partial charge in [-0.05, 0) is 68.8 Å². The molecule has 0 radical (unpaired) electrons. The molecule has 6 nitrogen and oxygen atoms in total. The number of piperidine rings is 1. The molecule has 0 unspecified atom stereocenters. The number of likely N-dealkylation sites (tertiary alicyclic amines) is 1. The van der Waals surface area contributed by atoms with Crippen LogP contribution in [0, 0.1) is 5.41 Å². The Hall–Kier alpha value is -2.38. The number of rotatable bonds is 3. The van der Waals surface area contributed by atoms with Crippen LogP contribution in [0.2, 0.25) is 0 Å². The minimum atomic E-state index is -0.764. The number of hydrogen-bond acceptors (Lipinski definition) is 6. The van der Waals surface area contributed by atoms with Crippen LogP contribution in [0.5, 0.6) is 0 Å². The van der Waals surface area contributed by atoms with Crippen LogP contribution < -0.4 is 5.32 Å². The van der Waals surface area contributed by atoms with Gasteiger partial charge in [0.25, 0.3) is 0 Å². The Labute approximate surface area is 174 Å².